The molecule has 0 radical (unpaired) electrons. The minimum absolute atomic E-state index is 0.248. The molecule has 2 aromatic rings. The summed E-state index contributed by atoms with van der Waals surface area (Å²) in [5, 5.41) is 0. The van der Waals surface area contributed by atoms with Crippen LogP contribution < -0.4 is 5.73 Å². The van der Waals surface area contributed by atoms with Gasteiger partial charge in [-0.1, -0.05) is 18.2 Å². The van der Waals surface area contributed by atoms with Gasteiger partial charge in [0.15, 0.2) is 0 Å². The van der Waals surface area contributed by atoms with E-state index in [1.807, 2.05) is 31.2 Å². The Morgan fingerprint density at radius 1 is 1.16 bits per heavy atom. The molecule has 0 heterocycles. The first-order valence-electron chi connectivity index (χ1n) is 6.02. The third-order valence-corrected chi connectivity index (χ3v) is 4.28. The maximum Gasteiger partial charge on any atom is 0.123 e. The number of hydrogen-bond donors (Lipinski definition) is 1. The van der Waals surface area contributed by atoms with Crippen LogP contribution in [0.3, 0.4) is 0 Å². The summed E-state index contributed by atoms with van der Waals surface area (Å²) in [6.07, 6.45) is 0. The first-order chi connectivity index (χ1) is 9.10. The second-order valence-electron chi connectivity index (χ2n) is 4.42. The smallest absolute Gasteiger partial charge is 0.123 e. The quantitative estimate of drug-likeness (QED) is 0.933. The zero-order valence-corrected chi connectivity index (χ0v) is 11.5. The Bertz CT molecular complexity index is 613. The van der Waals surface area contributed by atoms with E-state index >= 15 is 0 Å². The number of benzene rings is 2. The monoisotopic (exact) mass is 277 g/mol. The van der Waals surface area contributed by atoms with E-state index in [2.05, 4.69) is 0 Å². The van der Waals surface area contributed by atoms with E-state index in [0.717, 1.165) is 16.0 Å². The summed E-state index contributed by atoms with van der Waals surface area (Å²) < 4.78 is 25.4. The van der Waals surface area contributed by atoms with Gasteiger partial charge in [-0.15, -0.1) is 0 Å². The Hall–Kier alpha value is -1.52. The van der Waals surface area contributed by atoms with Crippen molar-refractivity contribution < 1.29 is 8.60 Å². The van der Waals surface area contributed by atoms with Gasteiger partial charge in [-0.2, -0.15) is 0 Å². The highest BCUT2D eigenvalue weighted by atomic mass is 32.2. The van der Waals surface area contributed by atoms with Gasteiger partial charge >= 0.3 is 0 Å². The maximum atomic E-state index is 13.1. The molecule has 0 spiro atoms. The van der Waals surface area contributed by atoms with Gasteiger partial charge in [0, 0.05) is 11.4 Å². The van der Waals surface area contributed by atoms with Crippen LogP contribution in [0, 0.1) is 12.7 Å². The fraction of sp³-hybridized carbons (Fsp3) is 0.200. The van der Waals surface area contributed by atoms with E-state index in [1.165, 1.54) is 12.1 Å². The molecule has 0 aliphatic carbocycles. The molecular formula is C15H16FNOS. The lowest BCUT2D eigenvalue weighted by Gasteiger charge is -2.08. The first-order valence-corrected chi connectivity index (χ1v) is 7.34. The van der Waals surface area contributed by atoms with Crippen LogP contribution in [-0.2, 0) is 23.1 Å². The summed E-state index contributed by atoms with van der Waals surface area (Å²) in [6.45, 7) is 2.21. The lowest BCUT2D eigenvalue weighted by molar-refractivity contribution is 0.624. The van der Waals surface area contributed by atoms with Crippen LogP contribution >= 0.6 is 0 Å². The fourth-order valence-corrected chi connectivity index (χ4v) is 3.19. The minimum Gasteiger partial charge on any atom is -0.326 e. The Balaban J connectivity index is 2.24. The number of hydrogen-bond acceptors (Lipinski definition) is 2. The second kappa shape index (κ2) is 6.08. The zero-order valence-electron chi connectivity index (χ0n) is 10.7. The van der Waals surface area contributed by atoms with Gasteiger partial charge in [0.05, 0.1) is 16.6 Å². The third-order valence-electron chi connectivity index (χ3n) is 2.93. The van der Waals surface area contributed by atoms with E-state index in [0.29, 0.717) is 11.3 Å². The molecule has 1 unspecified atom stereocenters. The molecule has 2 aromatic carbocycles. The lowest BCUT2D eigenvalue weighted by Crippen LogP contribution is -2.05. The van der Waals surface area contributed by atoms with Crippen molar-refractivity contribution in [1.82, 2.24) is 0 Å². The number of rotatable bonds is 4. The van der Waals surface area contributed by atoms with Gasteiger partial charge in [-0.05, 0) is 47.9 Å². The molecule has 0 saturated carbocycles. The lowest BCUT2D eigenvalue weighted by atomic mass is 10.1. The van der Waals surface area contributed by atoms with Crippen molar-refractivity contribution in [3.8, 4) is 0 Å². The molecule has 0 aromatic heterocycles. The number of aryl methyl sites for hydroxylation is 1. The van der Waals surface area contributed by atoms with Gasteiger partial charge in [0.25, 0.3) is 0 Å². The van der Waals surface area contributed by atoms with E-state index in [4.69, 9.17) is 5.73 Å². The van der Waals surface area contributed by atoms with Crippen LogP contribution in [0.5, 0.6) is 0 Å². The predicted octanol–water partition coefficient (Wildman–Crippen LogP) is 2.90. The topological polar surface area (TPSA) is 43.1 Å². The molecule has 1 atom stereocenters. The predicted molar refractivity (Wildman–Crippen MR) is 75.6 cm³/mol. The highest BCUT2D eigenvalue weighted by Gasteiger charge is 2.09. The molecule has 2 nitrogen and oxygen atoms in total. The van der Waals surface area contributed by atoms with Gasteiger partial charge in [-0.3, -0.25) is 4.21 Å². The van der Waals surface area contributed by atoms with E-state index in [-0.39, 0.29) is 12.4 Å². The summed E-state index contributed by atoms with van der Waals surface area (Å²) in [4.78, 5) is 0.785. The van der Waals surface area contributed by atoms with Crippen molar-refractivity contribution in [2.75, 3.05) is 0 Å². The van der Waals surface area contributed by atoms with Crippen LogP contribution in [0.2, 0.25) is 0 Å². The molecule has 4 heteroatoms. The van der Waals surface area contributed by atoms with Crippen molar-refractivity contribution in [2.45, 2.75) is 24.1 Å². The van der Waals surface area contributed by atoms with Crippen LogP contribution in [-0.4, -0.2) is 4.21 Å². The van der Waals surface area contributed by atoms with Gasteiger partial charge in [0.2, 0.25) is 0 Å². The summed E-state index contributed by atoms with van der Waals surface area (Å²) in [5.41, 5.74) is 8.21. The Kier molecular flexibility index (Phi) is 4.45. The van der Waals surface area contributed by atoms with E-state index in [9.17, 15) is 8.60 Å². The molecule has 0 aliphatic heterocycles. The minimum atomic E-state index is -1.14. The fourth-order valence-electron chi connectivity index (χ4n) is 1.91. The van der Waals surface area contributed by atoms with Crippen LogP contribution in [0.25, 0.3) is 0 Å². The van der Waals surface area contributed by atoms with Crippen molar-refractivity contribution in [1.29, 1.82) is 0 Å². The van der Waals surface area contributed by atoms with Crippen LogP contribution in [0.4, 0.5) is 4.39 Å². The van der Waals surface area contributed by atoms with Crippen molar-refractivity contribution in [2.24, 2.45) is 5.73 Å². The average molecular weight is 277 g/mol. The summed E-state index contributed by atoms with van der Waals surface area (Å²) in [5.74, 6) is 0.0431. The molecule has 2 N–H and O–H groups in total. The average Bonchev–Trinajstić information content (AvgIpc) is 2.40. The molecule has 2 rings (SSSR count). The largest absolute Gasteiger partial charge is 0.326 e. The molecule has 0 amide bonds. The van der Waals surface area contributed by atoms with Crippen LogP contribution in [0.15, 0.2) is 47.4 Å². The first kappa shape index (κ1) is 13.9. The Morgan fingerprint density at radius 3 is 2.63 bits per heavy atom. The molecule has 100 valence electrons. The van der Waals surface area contributed by atoms with Gasteiger partial charge in [0.1, 0.15) is 5.82 Å². The normalized spacial score (nSPS) is 12.4. The second-order valence-corrected chi connectivity index (χ2v) is 5.87. The molecule has 0 aliphatic rings. The molecule has 19 heavy (non-hydrogen) atoms. The molecule has 0 fully saturated rings. The SMILES string of the molecule is Cc1cccc(S(=O)Cc2ccc(F)cc2CN)c1. The van der Waals surface area contributed by atoms with Crippen LogP contribution in [0.1, 0.15) is 16.7 Å². The molecule has 0 bridgehead atoms. The number of halogens is 1. The Labute approximate surface area is 114 Å². The summed E-state index contributed by atoms with van der Waals surface area (Å²) >= 11 is 0. The zero-order chi connectivity index (χ0) is 13.8. The van der Waals surface area contributed by atoms with Gasteiger partial charge < -0.3 is 5.73 Å². The third kappa shape index (κ3) is 3.49. The van der Waals surface area contributed by atoms with Crippen molar-refractivity contribution >= 4 is 10.8 Å². The highest BCUT2D eigenvalue weighted by Crippen LogP contribution is 2.17. The molecular weight excluding hydrogens is 261 g/mol. The standard InChI is InChI=1S/C15H16FNOS/c1-11-3-2-4-15(7-11)19(18)10-12-5-6-14(16)8-13(12)9-17/h2-8H,9-10,17H2,1H3. The summed E-state index contributed by atoms with van der Waals surface area (Å²) in [7, 11) is -1.14. The number of nitrogens with two attached hydrogens (primary N) is 1. The van der Waals surface area contributed by atoms with Crippen molar-refractivity contribution in [3.05, 3.63) is 65.0 Å². The van der Waals surface area contributed by atoms with E-state index < -0.39 is 10.8 Å². The maximum absolute atomic E-state index is 13.1. The van der Waals surface area contributed by atoms with Gasteiger partial charge in [-0.25, -0.2) is 4.39 Å². The highest BCUT2D eigenvalue weighted by molar-refractivity contribution is 7.84. The van der Waals surface area contributed by atoms with Crippen molar-refractivity contribution in [3.63, 3.8) is 0 Å². The molecule has 0 saturated heterocycles. The van der Waals surface area contributed by atoms with E-state index in [1.54, 1.807) is 6.07 Å². The summed E-state index contributed by atoms with van der Waals surface area (Å²) in [6, 6.07) is 12.0. The Morgan fingerprint density at radius 2 is 1.95 bits per heavy atom.